The monoisotopic (exact) mass is 625 g/mol. The molecule has 1 aromatic rings. The molecule has 0 amide bonds. The first-order valence-electron chi connectivity index (χ1n) is 13.2. The van der Waals surface area contributed by atoms with Gasteiger partial charge in [0.05, 0.1) is 24.7 Å². The third-order valence-electron chi connectivity index (χ3n) is 7.37. The fraction of sp³-hybridized carbons (Fsp3) is 0.750. The fourth-order valence-electron chi connectivity index (χ4n) is 4.91. The van der Waals surface area contributed by atoms with E-state index in [4.69, 9.17) is 28.4 Å². The van der Waals surface area contributed by atoms with Gasteiger partial charge in [-0.15, -0.1) is 0 Å². The molecule has 3 aliphatic rings. The Hall–Kier alpha value is -2.18. The number of nitro groups is 1. The molecule has 3 heterocycles. The predicted molar refractivity (Wildman–Crippen MR) is 133 cm³/mol. The van der Waals surface area contributed by atoms with Crippen LogP contribution in [0.15, 0.2) is 24.3 Å². The second kappa shape index (κ2) is 14.3. The van der Waals surface area contributed by atoms with Crippen molar-refractivity contribution in [2.45, 2.75) is 92.1 Å². The van der Waals surface area contributed by atoms with Crippen molar-refractivity contribution < 1.29 is 84.4 Å². The van der Waals surface area contributed by atoms with E-state index >= 15 is 0 Å². The van der Waals surface area contributed by atoms with Crippen LogP contribution in [0.5, 0.6) is 5.75 Å². The number of ether oxygens (including phenoxy) is 6. The van der Waals surface area contributed by atoms with Crippen molar-refractivity contribution in [3.05, 3.63) is 34.4 Å². The van der Waals surface area contributed by atoms with E-state index in [-0.39, 0.29) is 11.4 Å². The van der Waals surface area contributed by atoms with E-state index in [0.29, 0.717) is 0 Å². The van der Waals surface area contributed by atoms with Crippen LogP contribution in [0.3, 0.4) is 0 Å². The lowest BCUT2D eigenvalue weighted by molar-refractivity contribution is -0.384. The van der Waals surface area contributed by atoms with Crippen LogP contribution in [0.25, 0.3) is 0 Å². The summed E-state index contributed by atoms with van der Waals surface area (Å²) in [4.78, 5) is 10.2. The van der Waals surface area contributed by atoms with E-state index in [9.17, 15) is 61.2 Å². The summed E-state index contributed by atoms with van der Waals surface area (Å²) in [6.07, 6.45) is -25.7. The minimum absolute atomic E-state index is 0.0249. The molecular weight excluding hydrogens is 590 g/mol. The number of nitrogens with zero attached hydrogens (tertiary/aromatic N) is 1. The number of hydrogen-bond donors (Lipinski definition) is 10. The van der Waals surface area contributed by atoms with Crippen molar-refractivity contribution in [2.24, 2.45) is 0 Å². The average molecular weight is 626 g/mol. The molecule has 3 saturated heterocycles. The molecule has 19 heteroatoms. The van der Waals surface area contributed by atoms with Gasteiger partial charge in [-0.2, -0.15) is 0 Å². The van der Waals surface area contributed by atoms with Gasteiger partial charge in [0.25, 0.3) is 5.69 Å². The molecule has 244 valence electrons. The average Bonchev–Trinajstić information content (AvgIpc) is 3.00. The molecule has 0 unspecified atom stereocenters. The molecule has 15 atom stereocenters. The molecule has 10 N–H and O–H groups in total. The van der Waals surface area contributed by atoms with Crippen molar-refractivity contribution in [3.8, 4) is 5.75 Å². The van der Waals surface area contributed by atoms with Gasteiger partial charge in [-0.1, -0.05) is 0 Å². The first-order chi connectivity index (χ1) is 20.4. The molecule has 3 aliphatic heterocycles. The van der Waals surface area contributed by atoms with Crippen LogP contribution in [0, 0.1) is 10.1 Å². The Labute approximate surface area is 242 Å². The van der Waals surface area contributed by atoms with Crippen LogP contribution in [-0.4, -0.2) is 168 Å². The Balaban J connectivity index is 1.47. The van der Waals surface area contributed by atoms with Crippen LogP contribution >= 0.6 is 0 Å². The Kier molecular flexibility index (Phi) is 11.2. The van der Waals surface area contributed by atoms with Crippen LogP contribution < -0.4 is 4.74 Å². The van der Waals surface area contributed by atoms with Crippen molar-refractivity contribution in [2.75, 3.05) is 19.8 Å². The highest BCUT2D eigenvalue weighted by Crippen LogP contribution is 2.33. The van der Waals surface area contributed by atoms with Gasteiger partial charge in [-0.3, -0.25) is 10.1 Å². The van der Waals surface area contributed by atoms with E-state index in [2.05, 4.69) is 0 Å². The van der Waals surface area contributed by atoms with Gasteiger partial charge in [-0.25, -0.2) is 0 Å². The van der Waals surface area contributed by atoms with Crippen molar-refractivity contribution in [3.63, 3.8) is 0 Å². The smallest absolute Gasteiger partial charge is 0.269 e. The maximum Gasteiger partial charge on any atom is 0.269 e. The summed E-state index contributed by atoms with van der Waals surface area (Å²) < 4.78 is 32.8. The first kappa shape index (κ1) is 33.7. The van der Waals surface area contributed by atoms with Gasteiger partial charge in [0, 0.05) is 12.1 Å². The maximum atomic E-state index is 11.0. The Morgan fingerprint density at radius 3 is 1.65 bits per heavy atom. The third kappa shape index (κ3) is 7.06. The number of benzene rings is 1. The van der Waals surface area contributed by atoms with Gasteiger partial charge < -0.3 is 79.5 Å². The molecule has 0 saturated carbocycles. The zero-order valence-corrected chi connectivity index (χ0v) is 22.3. The highest BCUT2D eigenvalue weighted by atomic mass is 16.8. The summed E-state index contributed by atoms with van der Waals surface area (Å²) in [6.45, 7) is -2.44. The predicted octanol–water partition coefficient (Wildman–Crippen LogP) is -5.58. The molecule has 1 aromatic carbocycles. The van der Waals surface area contributed by atoms with E-state index in [1.165, 1.54) is 12.1 Å². The Morgan fingerprint density at radius 1 is 0.605 bits per heavy atom. The SMILES string of the molecule is O=[N+]([O-])c1ccc(O[C@H]2O[C@H](CO)[C@@H](O[C@H]3O[C@H](CO)[C@@H](O)[C@H](O[C@H]4O[C@H](CO)[C@@H](O)[C@H](O)[C@@H]4O)[C@H]3O)[C@H](O)[C@H]2O)cc1. The molecule has 0 spiro atoms. The van der Waals surface area contributed by atoms with E-state index in [1.807, 2.05) is 0 Å². The lowest BCUT2D eigenvalue weighted by atomic mass is 9.96. The van der Waals surface area contributed by atoms with Crippen molar-refractivity contribution in [1.29, 1.82) is 0 Å². The summed E-state index contributed by atoms with van der Waals surface area (Å²) in [5.41, 5.74) is -0.231. The first-order valence-corrected chi connectivity index (χ1v) is 13.2. The van der Waals surface area contributed by atoms with E-state index in [0.717, 1.165) is 12.1 Å². The summed E-state index contributed by atoms with van der Waals surface area (Å²) in [5.74, 6) is 0.0249. The molecule has 0 bridgehead atoms. The van der Waals surface area contributed by atoms with Crippen molar-refractivity contribution in [1.82, 2.24) is 0 Å². The molecule has 4 rings (SSSR count). The van der Waals surface area contributed by atoms with Gasteiger partial charge in [0.1, 0.15) is 79.0 Å². The van der Waals surface area contributed by atoms with Crippen LogP contribution in [0.4, 0.5) is 5.69 Å². The summed E-state index contributed by atoms with van der Waals surface area (Å²) in [7, 11) is 0. The minimum Gasteiger partial charge on any atom is -0.462 e. The molecular formula is C24H35NO18. The van der Waals surface area contributed by atoms with Gasteiger partial charge in [0.2, 0.25) is 6.29 Å². The number of rotatable bonds is 10. The molecule has 43 heavy (non-hydrogen) atoms. The molecule has 19 nitrogen and oxygen atoms in total. The largest absolute Gasteiger partial charge is 0.462 e. The molecule has 0 aromatic heterocycles. The Morgan fingerprint density at radius 2 is 1.09 bits per heavy atom. The molecule has 0 aliphatic carbocycles. The highest BCUT2D eigenvalue weighted by molar-refractivity contribution is 5.36. The third-order valence-corrected chi connectivity index (χ3v) is 7.37. The Bertz CT molecular complexity index is 1050. The summed E-state index contributed by atoms with van der Waals surface area (Å²) in [6, 6.07) is 4.71. The number of non-ortho nitro benzene ring substituents is 1. The number of aliphatic hydroxyl groups is 10. The fourth-order valence-corrected chi connectivity index (χ4v) is 4.91. The second-order valence-electron chi connectivity index (χ2n) is 10.2. The lowest BCUT2D eigenvalue weighted by Crippen LogP contribution is -2.67. The number of aliphatic hydroxyl groups excluding tert-OH is 10. The number of nitro benzene ring substituents is 1. The van der Waals surface area contributed by atoms with E-state index < -0.39 is 117 Å². The zero-order chi connectivity index (χ0) is 31.6. The molecule has 3 fully saturated rings. The van der Waals surface area contributed by atoms with E-state index in [1.54, 1.807) is 0 Å². The second-order valence-corrected chi connectivity index (χ2v) is 10.2. The zero-order valence-electron chi connectivity index (χ0n) is 22.3. The normalized spacial score (nSPS) is 43.7. The van der Waals surface area contributed by atoms with Crippen LogP contribution in [0.1, 0.15) is 0 Å². The molecule has 0 radical (unpaired) electrons. The summed E-state index contributed by atoms with van der Waals surface area (Å²) >= 11 is 0. The topological polar surface area (TPSA) is 301 Å². The van der Waals surface area contributed by atoms with Gasteiger partial charge in [0.15, 0.2) is 12.6 Å². The van der Waals surface area contributed by atoms with Gasteiger partial charge >= 0.3 is 0 Å². The maximum absolute atomic E-state index is 11.0. The van der Waals surface area contributed by atoms with Crippen molar-refractivity contribution >= 4 is 5.69 Å². The number of hydrogen-bond acceptors (Lipinski definition) is 18. The highest BCUT2D eigenvalue weighted by Gasteiger charge is 2.53. The minimum atomic E-state index is -1.96. The van der Waals surface area contributed by atoms with Crippen LogP contribution in [0.2, 0.25) is 0 Å². The standard InChI is InChI=1S/C24H35NO18/c26-5-10-13(29)15(31)17(33)23(39-10)43-21-14(30)11(6-27)40-24(19(21)35)42-20-12(7-28)41-22(18(34)16(20)32)38-9-3-1-8(2-4-9)25(36)37/h1-4,10-24,26-35H,5-7H2/t10-,11-,12-,13-,14-,15+,16-,17+,18-,19-,20-,21+,22+,23-,24-/m1/s1. The van der Waals surface area contributed by atoms with Crippen LogP contribution in [-0.2, 0) is 23.7 Å². The summed E-state index contributed by atoms with van der Waals surface area (Å²) in [5, 5.41) is 113. The quantitative estimate of drug-likeness (QED) is 0.0856. The van der Waals surface area contributed by atoms with Gasteiger partial charge in [-0.05, 0) is 12.1 Å². The lowest BCUT2D eigenvalue weighted by Gasteiger charge is -2.48.